The molecule has 1 amide bonds. The molecule has 10 heteroatoms. The number of nitrogens with one attached hydrogen (secondary N) is 1. The molecule has 2 aromatic carbocycles. The highest BCUT2D eigenvalue weighted by molar-refractivity contribution is 6.44. The van der Waals surface area contributed by atoms with E-state index in [1.54, 1.807) is 50.2 Å². The molecule has 0 spiro atoms. The van der Waals surface area contributed by atoms with Gasteiger partial charge in [0.2, 0.25) is 23.1 Å². The van der Waals surface area contributed by atoms with Crippen LogP contribution in [-0.2, 0) is 35.1 Å². The van der Waals surface area contributed by atoms with E-state index < -0.39 is 71.3 Å². The zero-order chi connectivity index (χ0) is 28.0. The zero-order valence-corrected chi connectivity index (χ0v) is 21.9. The number of hydrogen-bond acceptors (Lipinski definition) is 8. The van der Waals surface area contributed by atoms with Crippen molar-refractivity contribution in [3.63, 3.8) is 0 Å². The second kappa shape index (κ2) is 12.6. The Kier molecular flexibility index (Phi) is 9.52. The largest absolute Gasteiger partial charge is 0.461 e. The van der Waals surface area contributed by atoms with E-state index >= 15 is 0 Å². The van der Waals surface area contributed by atoms with Crippen molar-refractivity contribution < 1.29 is 37.8 Å². The van der Waals surface area contributed by atoms with Crippen LogP contribution in [0, 0.1) is 17.8 Å². The number of benzene rings is 2. The summed E-state index contributed by atoms with van der Waals surface area (Å²) >= 11 is 5.42. The fourth-order valence-corrected chi connectivity index (χ4v) is 4.37. The summed E-state index contributed by atoms with van der Waals surface area (Å²) in [4.78, 5) is 78.6. The predicted octanol–water partition coefficient (Wildman–Crippen LogP) is 3.06. The van der Waals surface area contributed by atoms with Crippen LogP contribution in [0.1, 0.15) is 43.1 Å². The first-order chi connectivity index (χ1) is 18.0. The van der Waals surface area contributed by atoms with E-state index in [0.29, 0.717) is 5.56 Å². The van der Waals surface area contributed by atoms with Crippen LogP contribution in [0.2, 0.25) is 0 Å². The second-order valence-electron chi connectivity index (χ2n) is 9.46. The molecular weight excluding hydrogens is 514 g/mol. The molecule has 4 atom stereocenters. The van der Waals surface area contributed by atoms with E-state index in [4.69, 9.17) is 16.6 Å². The van der Waals surface area contributed by atoms with Crippen LogP contribution in [0.4, 0.5) is 0 Å². The molecule has 0 radical (unpaired) electrons. The molecule has 3 rings (SSSR count). The van der Waals surface area contributed by atoms with Crippen LogP contribution in [-0.4, -0.2) is 47.2 Å². The summed E-state index contributed by atoms with van der Waals surface area (Å²) in [5, 5.41) is 2.37. The van der Waals surface area contributed by atoms with Gasteiger partial charge < -0.3 is 14.3 Å². The van der Waals surface area contributed by atoms with Crippen molar-refractivity contribution in [1.82, 2.24) is 5.32 Å². The lowest BCUT2D eigenvalue weighted by molar-refractivity contribution is -0.163. The SMILES string of the molecule is CC(C)C(=O)O[C@@H]1[C@H](C)C(=O)C(=O)[C@@H](NC(=O)c2ccccc2OCl)CC(=O)C(=O)[C@@H]1Cc1ccccc1. The summed E-state index contributed by atoms with van der Waals surface area (Å²) in [6.07, 6.45) is -2.09. The van der Waals surface area contributed by atoms with Gasteiger partial charge in [0.05, 0.1) is 23.3 Å². The van der Waals surface area contributed by atoms with E-state index in [1.807, 2.05) is 0 Å². The Hall–Kier alpha value is -3.85. The second-order valence-corrected chi connectivity index (χ2v) is 9.61. The number of ether oxygens (including phenoxy) is 1. The van der Waals surface area contributed by atoms with Crippen LogP contribution in [0.15, 0.2) is 54.6 Å². The van der Waals surface area contributed by atoms with Gasteiger partial charge in [-0.1, -0.05) is 63.2 Å². The Balaban J connectivity index is 2.00. The molecule has 0 unspecified atom stereocenters. The average molecular weight is 542 g/mol. The van der Waals surface area contributed by atoms with Crippen molar-refractivity contribution in [2.45, 2.75) is 45.8 Å². The van der Waals surface area contributed by atoms with Crippen LogP contribution in [0.3, 0.4) is 0 Å². The number of esters is 1. The molecule has 0 saturated heterocycles. The molecule has 2 aromatic rings. The summed E-state index contributed by atoms with van der Waals surface area (Å²) in [5.41, 5.74) is 0.636. The van der Waals surface area contributed by atoms with E-state index in [-0.39, 0.29) is 17.7 Å². The lowest BCUT2D eigenvalue weighted by atomic mass is 9.81. The lowest BCUT2D eigenvalue weighted by Crippen LogP contribution is -2.47. The van der Waals surface area contributed by atoms with Crippen molar-refractivity contribution in [3.8, 4) is 5.75 Å². The number of hydrogen-bond donors (Lipinski definition) is 1. The van der Waals surface area contributed by atoms with Gasteiger partial charge in [-0.3, -0.25) is 28.8 Å². The van der Waals surface area contributed by atoms with Gasteiger partial charge in [-0.05, 0) is 24.1 Å². The number of para-hydroxylation sites is 1. The van der Waals surface area contributed by atoms with Crippen molar-refractivity contribution in [2.75, 3.05) is 0 Å². The molecular formula is C28H28ClNO8. The van der Waals surface area contributed by atoms with Crippen LogP contribution < -0.4 is 9.61 Å². The topological polar surface area (TPSA) is 133 Å². The van der Waals surface area contributed by atoms with Gasteiger partial charge in [-0.25, -0.2) is 0 Å². The van der Waals surface area contributed by atoms with Crippen molar-refractivity contribution in [1.29, 1.82) is 0 Å². The number of ketones is 4. The number of amides is 1. The summed E-state index contributed by atoms with van der Waals surface area (Å²) < 4.78 is 10.2. The third-order valence-corrected chi connectivity index (χ3v) is 6.57. The Labute approximate surface area is 225 Å². The molecule has 1 aliphatic carbocycles. The van der Waals surface area contributed by atoms with Gasteiger partial charge in [0.25, 0.3) is 5.91 Å². The maximum Gasteiger partial charge on any atom is 0.308 e. The highest BCUT2D eigenvalue weighted by atomic mass is 35.5. The van der Waals surface area contributed by atoms with Crippen molar-refractivity contribution >= 4 is 46.9 Å². The maximum absolute atomic E-state index is 13.5. The van der Waals surface area contributed by atoms with E-state index in [0.717, 1.165) is 0 Å². The van der Waals surface area contributed by atoms with E-state index in [1.165, 1.54) is 25.1 Å². The lowest BCUT2D eigenvalue weighted by Gasteiger charge is -2.29. The smallest absolute Gasteiger partial charge is 0.308 e. The number of carbonyl (C=O) groups is 6. The minimum absolute atomic E-state index is 0.00469. The summed E-state index contributed by atoms with van der Waals surface area (Å²) in [6, 6.07) is 13.0. The zero-order valence-electron chi connectivity index (χ0n) is 21.1. The fraction of sp³-hybridized carbons (Fsp3) is 0.357. The summed E-state index contributed by atoms with van der Waals surface area (Å²) in [5.74, 6) is -8.49. The average Bonchev–Trinajstić information content (AvgIpc) is 2.94. The fourth-order valence-electron chi connectivity index (χ4n) is 4.23. The van der Waals surface area contributed by atoms with Gasteiger partial charge in [-0.2, -0.15) is 0 Å². The quantitative estimate of drug-likeness (QED) is 0.418. The first-order valence-electron chi connectivity index (χ1n) is 12.1. The Bertz CT molecular complexity index is 1240. The van der Waals surface area contributed by atoms with Crippen molar-refractivity contribution in [3.05, 3.63) is 65.7 Å². The molecule has 0 aliphatic heterocycles. The molecule has 1 saturated carbocycles. The van der Waals surface area contributed by atoms with E-state index in [2.05, 4.69) is 9.61 Å². The van der Waals surface area contributed by atoms with Gasteiger partial charge >= 0.3 is 5.97 Å². The molecule has 0 aromatic heterocycles. The molecule has 200 valence electrons. The highest BCUT2D eigenvalue weighted by Crippen LogP contribution is 2.28. The van der Waals surface area contributed by atoms with Gasteiger partial charge in [0, 0.05) is 6.42 Å². The Morgan fingerprint density at radius 1 is 0.947 bits per heavy atom. The first kappa shape index (κ1) is 28.7. The minimum Gasteiger partial charge on any atom is -0.461 e. The molecule has 0 heterocycles. The summed E-state index contributed by atoms with van der Waals surface area (Å²) in [6.45, 7) is 4.54. The number of carbonyl (C=O) groups excluding carboxylic acids is 6. The molecule has 0 bridgehead atoms. The normalized spacial score (nSPS) is 22.3. The number of rotatable bonds is 7. The van der Waals surface area contributed by atoms with Gasteiger partial charge in [0.15, 0.2) is 5.75 Å². The standard InChI is InChI=1S/C28H28ClNO8/c1-15(2)28(36)37-26-16(3)23(32)25(34)20(30-27(35)18-11-7-8-12-22(18)38-29)14-21(31)24(33)19(26)13-17-9-5-4-6-10-17/h4-12,15-16,19-20,26H,13-14H2,1-3H3,(H,30,35)/t16-,19+,20+,26-/m1/s1. The summed E-state index contributed by atoms with van der Waals surface area (Å²) in [7, 11) is 0. The van der Waals surface area contributed by atoms with E-state index in [9.17, 15) is 28.8 Å². The molecule has 38 heavy (non-hydrogen) atoms. The number of halogens is 1. The van der Waals surface area contributed by atoms with Crippen LogP contribution in [0.25, 0.3) is 0 Å². The van der Waals surface area contributed by atoms with Gasteiger partial charge in [-0.15, -0.1) is 0 Å². The highest BCUT2D eigenvalue weighted by Gasteiger charge is 2.46. The van der Waals surface area contributed by atoms with Crippen LogP contribution >= 0.6 is 11.9 Å². The monoisotopic (exact) mass is 541 g/mol. The van der Waals surface area contributed by atoms with Crippen molar-refractivity contribution in [2.24, 2.45) is 17.8 Å². The third kappa shape index (κ3) is 6.52. The predicted molar refractivity (Wildman–Crippen MR) is 136 cm³/mol. The molecule has 1 fully saturated rings. The third-order valence-electron chi connectivity index (χ3n) is 6.41. The number of Topliss-reactive ketones (excluding diaryl/α,β-unsaturated/α-hetero) is 4. The minimum atomic E-state index is -1.62. The maximum atomic E-state index is 13.5. The molecule has 1 aliphatic rings. The Morgan fingerprint density at radius 3 is 2.21 bits per heavy atom. The van der Waals surface area contributed by atoms with Gasteiger partial charge in [0.1, 0.15) is 24.0 Å². The molecule has 9 nitrogen and oxygen atoms in total. The van der Waals surface area contributed by atoms with Crippen LogP contribution in [0.5, 0.6) is 5.75 Å². The first-order valence-corrected chi connectivity index (χ1v) is 12.4. The Morgan fingerprint density at radius 2 is 1.58 bits per heavy atom. The molecule has 1 N–H and O–H groups in total.